The maximum atomic E-state index is 13.0. The first-order valence-electron chi connectivity index (χ1n) is 5.99. The van der Waals surface area contributed by atoms with Crippen molar-refractivity contribution in [1.82, 2.24) is 10.2 Å². The third-order valence-electron chi connectivity index (χ3n) is 3.76. The zero-order valence-corrected chi connectivity index (χ0v) is 10.5. The maximum absolute atomic E-state index is 13.0. The quantitative estimate of drug-likeness (QED) is 0.870. The molecule has 0 amide bonds. The Morgan fingerprint density at radius 3 is 2.59 bits per heavy atom. The summed E-state index contributed by atoms with van der Waals surface area (Å²) in [4.78, 5) is 2.45. The van der Waals surface area contributed by atoms with Crippen molar-refractivity contribution in [3.63, 3.8) is 0 Å². The van der Waals surface area contributed by atoms with Gasteiger partial charge in [0, 0.05) is 19.6 Å². The van der Waals surface area contributed by atoms with Crippen molar-refractivity contribution < 1.29 is 4.39 Å². The fraction of sp³-hybridized carbons (Fsp3) is 0.538. The summed E-state index contributed by atoms with van der Waals surface area (Å²) in [6.45, 7) is 5.53. The first kappa shape index (κ1) is 12.8. The Hall–Kier alpha value is -0.640. The van der Waals surface area contributed by atoms with Gasteiger partial charge < -0.3 is 5.32 Å². The van der Waals surface area contributed by atoms with Gasteiger partial charge in [-0.1, -0.05) is 12.1 Å². The van der Waals surface area contributed by atoms with E-state index in [0.717, 1.165) is 50.1 Å². The Bertz CT molecular complexity index is 373. The van der Waals surface area contributed by atoms with E-state index in [1.807, 2.05) is 6.07 Å². The molecule has 2 aliphatic rings. The standard InChI is InChI=1S/C13H17FN2.ClH/c14-13-3-1-2-10(4-13)7-16-8-11-5-15-6-12(11)9-16;/h1-4,11-12,15H,5-9H2;1H/t11-,12+;. The molecule has 2 fully saturated rings. The first-order chi connectivity index (χ1) is 7.81. The summed E-state index contributed by atoms with van der Waals surface area (Å²) in [5.74, 6) is 1.50. The van der Waals surface area contributed by atoms with Crippen molar-refractivity contribution in [1.29, 1.82) is 0 Å². The van der Waals surface area contributed by atoms with Gasteiger partial charge in [0.05, 0.1) is 0 Å². The SMILES string of the molecule is Cl.Fc1cccc(CN2C[C@H]3CNC[C@H]3C2)c1. The van der Waals surface area contributed by atoms with E-state index in [0.29, 0.717) is 0 Å². The smallest absolute Gasteiger partial charge is 0.123 e. The van der Waals surface area contributed by atoms with Crippen LogP contribution < -0.4 is 5.32 Å². The average molecular weight is 257 g/mol. The van der Waals surface area contributed by atoms with E-state index < -0.39 is 0 Å². The minimum Gasteiger partial charge on any atom is -0.316 e. The highest BCUT2D eigenvalue weighted by Crippen LogP contribution is 2.27. The summed E-state index contributed by atoms with van der Waals surface area (Å²) < 4.78 is 13.0. The van der Waals surface area contributed by atoms with Gasteiger partial charge in [-0.2, -0.15) is 0 Å². The Morgan fingerprint density at radius 2 is 1.94 bits per heavy atom. The number of fused-ring (bicyclic) bond motifs is 1. The molecule has 0 radical (unpaired) electrons. The molecule has 0 bridgehead atoms. The number of halogens is 2. The third-order valence-corrected chi connectivity index (χ3v) is 3.76. The lowest BCUT2D eigenvalue weighted by molar-refractivity contribution is 0.305. The molecule has 1 N–H and O–H groups in total. The number of benzene rings is 1. The zero-order chi connectivity index (χ0) is 11.0. The fourth-order valence-electron chi connectivity index (χ4n) is 2.98. The molecule has 94 valence electrons. The molecular formula is C13H18ClFN2. The number of hydrogen-bond donors (Lipinski definition) is 1. The van der Waals surface area contributed by atoms with Crippen LogP contribution in [0.25, 0.3) is 0 Å². The van der Waals surface area contributed by atoms with Crippen LogP contribution in [0.3, 0.4) is 0 Å². The predicted octanol–water partition coefficient (Wildman–Crippen LogP) is 1.90. The molecule has 2 heterocycles. The molecule has 2 nitrogen and oxygen atoms in total. The van der Waals surface area contributed by atoms with Crippen LogP contribution >= 0.6 is 12.4 Å². The largest absolute Gasteiger partial charge is 0.316 e. The highest BCUT2D eigenvalue weighted by atomic mass is 35.5. The van der Waals surface area contributed by atoms with Crippen molar-refractivity contribution in [2.75, 3.05) is 26.2 Å². The van der Waals surface area contributed by atoms with Crippen LogP contribution in [0.2, 0.25) is 0 Å². The van der Waals surface area contributed by atoms with Gasteiger partial charge in [0.15, 0.2) is 0 Å². The monoisotopic (exact) mass is 256 g/mol. The predicted molar refractivity (Wildman–Crippen MR) is 68.8 cm³/mol. The molecular weight excluding hydrogens is 239 g/mol. The van der Waals surface area contributed by atoms with Gasteiger partial charge in [0.2, 0.25) is 0 Å². The van der Waals surface area contributed by atoms with Crippen LogP contribution in [0.4, 0.5) is 4.39 Å². The molecule has 2 aliphatic heterocycles. The molecule has 0 saturated carbocycles. The molecule has 4 heteroatoms. The Balaban J connectivity index is 0.00000108. The third kappa shape index (κ3) is 2.79. The first-order valence-corrected chi connectivity index (χ1v) is 5.99. The lowest BCUT2D eigenvalue weighted by Gasteiger charge is -2.16. The molecule has 0 aliphatic carbocycles. The molecule has 3 rings (SSSR count). The van der Waals surface area contributed by atoms with Crippen molar-refractivity contribution >= 4 is 12.4 Å². The minimum atomic E-state index is -0.126. The summed E-state index contributed by atoms with van der Waals surface area (Å²) in [5.41, 5.74) is 1.09. The van der Waals surface area contributed by atoms with Crippen LogP contribution in [0.5, 0.6) is 0 Å². The molecule has 2 saturated heterocycles. The van der Waals surface area contributed by atoms with E-state index in [-0.39, 0.29) is 18.2 Å². The number of nitrogens with one attached hydrogen (secondary N) is 1. The van der Waals surface area contributed by atoms with E-state index in [9.17, 15) is 4.39 Å². The van der Waals surface area contributed by atoms with Gasteiger partial charge >= 0.3 is 0 Å². The van der Waals surface area contributed by atoms with Crippen LogP contribution in [0, 0.1) is 17.7 Å². The van der Waals surface area contributed by atoms with Crippen molar-refractivity contribution in [2.24, 2.45) is 11.8 Å². The average Bonchev–Trinajstić information content (AvgIpc) is 2.77. The molecule has 2 atom stereocenters. The van der Waals surface area contributed by atoms with E-state index in [4.69, 9.17) is 0 Å². The number of nitrogens with zero attached hydrogens (tertiary/aromatic N) is 1. The van der Waals surface area contributed by atoms with Gasteiger partial charge in [-0.15, -0.1) is 12.4 Å². The summed E-state index contributed by atoms with van der Waals surface area (Å²) >= 11 is 0. The van der Waals surface area contributed by atoms with Crippen molar-refractivity contribution in [2.45, 2.75) is 6.54 Å². The second-order valence-electron chi connectivity index (χ2n) is 5.00. The lowest BCUT2D eigenvalue weighted by Crippen LogP contribution is -2.25. The van der Waals surface area contributed by atoms with Crippen LogP contribution in [-0.4, -0.2) is 31.1 Å². The topological polar surface area (TPSA) is 15.3 Å². The van der Waals surface area contributed by atoms with E-state index in [1.54, 1.807) is 12.1 Å². The highest BCUT2D eigenvalue weighted by molar-refractivity contribution is 5.85. The Kier molecular flexibility index (Phi) is 4.02. The Labute approximate surface area is 108 Å². The van der Waals surface area contributed by atoms with Crippen molar-refractivity contribution in [3.8, 4) is 0 Å². The second-order valence-corrected chi connectivity index (χ2v) is 5.00. The second kappa shape index (κ2) is 5.34. The highest BCUT2D eigenvalue weighted by Gasteiger charge is 2.35. The minimum absolute atomic E-state index is 0. The van der Waals surface area contributed by atoms with Gasteiger partial charge in [-0.25, -0.2) is 4.39 Å². The number of hydrogen-bond acceptors (Lipinski definition) is 2. The van der Waals surface area contributed by atoms with Crippen molar-refractivity contribution in [3.05, 3.63) is 35.6 Å². The van der Waals surface area contributed by atoms with Gasteiger partial charge in [-0.05, 0) is 42.6 Å². The van der Waals surface area contributed by atoms with E-state index in [2.05, 4.69) is 10.2 Å². The van der Waals surface area contributed by atoms with Gasteiger partial charge in [0.25, 0.3) is 0 Å². The number of rotatable bonds is 2. The van der Waals surface area contributed by atoms with E-state index in [1.165, 1.54) is 6.07 Å². The Morgan fingerprint density at radius 1 is 1.24 bits per heavy atom. The summed E-state index contributed by atoms with van der Waals surface area (Å²) in [6.07, 6.45) is 0. The normalized spacial score (nSPS) is 27.8. The fourth-order valence-corrected chi connectivity index (χ4v) is 2.98. The maximum Gasteiger partial charge on any atom is 0.123 e. The van der Waals surface area contributed by atoms with Gasteiger partial charge in [-0.3, -0.25) is 4.90 Å². The van der Waals surface area contributed by atoms with Crippen LogP contribution in [-0.2, 0) is 6.54 Å². The molecule has 0 aromatic heterocycles. The summed E-state index contributed by atoms with van der Waals surface area (Å²) in [5, 5.41) is 3.43. The lowest BCUT2D eigenvalue weighted by atomic mass is 10.0. The zero-order valence-electron chi connectivity index (χ0n) is 9.73. The molecule has 1 aromatic rings. The number of likely N-dealkylation sites (tertiary alicyclic amines) is 1. The molecule has 1 aromatic carbocycles. The molecule has 0 spiro atoms. The summed E-state index contributed by atoms with van der Waals surface area (Å²) in [6, 6.07) is 6.96. The van der Waals surface area contributed by atoms with Gasteiger partial charge in [0.1, 0.15) is 5.82 Å². The molecule has 0 unspecified atom stereocenters. The van der Waals surface area contributed by atoms with Crippen LogP contribution in [0.1, 0.15) is 5.56 Å². The van der Waals surface area contributed by atoms with E-state index >= 15 is 0 Å². The van der Waals surface area contributed by atoms with Crippen LogP contribution in [0.15, 0.2) is 24.3 Å². The molecule has 17 heavy (non-hydrogen) atoms. The summed E-state index contributed by atoms with van der Waals surface area (Å²) in [7, 11) is 0.